The average molecular weight is 433 g/mol. The van der Waals surface area contributed by atoms with Crippen LogP contribution in [0.3, 0.4) is 0 Å². The summed E-state index contributed by atoms with van der Waals surface area (Å²) in [6.45, 7) is 2.54. The molecule has 0 saturated heterocycles. The van der Waals surface area contributed by atoms with Gasteiger partial charge in [0, 0.05) is 15.6 Å². The molecule has 1 aromatic heterocycles. The minimum atomic E-state index is 0.395. The van der Waals surface area contributed by atoms with E-state index in [-0.39, 0.29) is 0 Å². The SMILES string of the molecule is CCOc1cccc(-c2n[nH]c(=S)n2/N=C/c2cc(Br)ccc2OC)c1. The molecule has 0 bridgehead atoms. The number of aromatic nitrogens is 3. The van der Waals surface area contributed by atoms with Gasteiger partial charge in [0.05, 0.1) is 19.9 Å². The Kier molecular flexibility index (Phi) is 5.85. The molecule has 6 nitrogen and oxygen atoms in total. The van der Waals surface area contributed by atoms with Crippen molar-refractivity contribution < 1.29 is 9.47 Å². The van der Waals surface area contributed by atoms with Gasteiger partial charge < -0.3 is 9.47 Å². The monoisotopic (exact) mass is 432 g/mol. The lowest BCUT2D eigenvalue weighted by Gasteiger charge is -2.06. The Balaban J connectivity index is 2.00. The molecule has 1 N–H and O–H groups in total. The summed E-state index contributed by atoms with van der Waals surface area (Å²) in [5.74, 6) is 2.08. The maximum atomic E-state index is 5.55. The summed E-state index contributed by atoms with van der Waals surface area (Å²) in [6.07, 6.45) is 1.69. The molecule has 0 saturated carbocycles. The first-order valence-electron chi connectivity index (χ1n) is 7.91. The van der Waals surface area contributed by atoms with Crippen molar-refractivity contribution in [3.05, 3.63) is 57.3 Å². The maximum absolute atomic E-state index is 5.55. The zero-order chi connectivity index (χ0) is 18.5. The van der Waals surface area contributed by atoms with Crippen LogP contribution in [0.15, 0.2) is 52.0 Å². The number of benzene rings is 2. The van der Waals surface area contributed by atoms with E-state index in [2.05, 4.69) is 31.2 Å². The normalized spacial score (nSPS) is 11.0. The number of ether oxygens (including phenoxy) is 2. The highest BCUT2D eigenvalue weighted by Crippen LogP contribution is 2.24. The number of H-pyrrole nitrogens is 1. The number of nitrogens with zero attached hydrogens (tertiary/aromatic N) is 3. The van der Waals surface area contributed by atoms with Gasteiger partial charge in [-0.2, -0.15) is 14.9 Å². The fourth-order valence-corrected chi connectivity index (χ4v) is 2.96. The first-order valence-corrected chi connectivity index (χ1v) is 9.11. The van der Waals surface area contributed by atoms with Gasteiger partial charge in [0.1, 0.15) is 11.5 Å². The molecule has 0 aliphatic rings. The lowest BCUT2D eigenvalue weighted by Crippen LogP contribution is -1.97. The number of methoxy groups -OCH3 is 1. The molecule has 0 unspecified atom stereocenters. The average Bonchev–Trinajstić information content (AvgIpc) is 3.01. The van der Waals surface area contributed by atoms with Crippen molar-refractivity contribution in [3.8, 4) is 22.9 Å². The second-order valence-electron chi connectivity index (χ2n) is 5.26. The third kappa shape index (κ3) is 4.03. The molecular formula is C18H17BrN4O2S. The Bertz CT molecular complexity index is 997. The van der Waals surface area contributed by atoms with Gasteiger partial charge in [0.15, 0.2) is 5.82 Å². The van der Waals surface area contributed by atoms with E-state index in [0.717, 1.165) is 21.3 Å². The third-order valence-corrected chi connectivity index (χ3v) is 4.32. The van der Waals surface area contributed by atoms with Crippen molar-refractivity contribution in [2.45, 2.75) is 6.92 Å². The van der Waals surface area contributed by atoms with Crippen molar-refractivity contribution in [1.29, 1.82) is 0 Å². The van der Waals surface area contributed by atoms with Gasteiger partial charge in [-0.15, -0.1) is 0 Å². The Morgan fingerprint density at radius 1 is 1.31 bits per heavy atom. The standard InChI is InChI=1S/C18H17BrN4O2S/c1-3-25-15-6-4-5-12(10-15)17-21-22-18(26)23(17)20-11-13-9-14(19)7-8-16(13)24-2/h4-11H,3H2,1-2H3,(H,22,26)/b20-11+. The molecule has 2 aromatic carbocycles. The quantitative estimate of drug-likeness (QED) is 0.454. The van der Waals surface area contributed by atoms with Gasteiger partial charge in [-0.25, -0.2) is 5.10 Å². The van der Waals surface area contributed by atoms with Crippen molar-refractivity contribution in [3.63, 3.8) is 0 Å². The fourth-order valence-electron chi connectivity index (χ4n) is 2.40. The predicted octanol–water partition coefficient (Wildman–Crippen LogP) is 4.66. The second-order valence-corrected chi connectivity index (χ2v) is 6.56. The largest absolute Gasteiger partial charge is 0.496 e. The zero-order valence-corrected chi connectivity index (χ0v) is 16.7. The Hall–Kier alpha value is -2.45. The molecule has 0 spiro atoms. The van der Waals surface area contributed by atoms with Crippen LogP contribution in [0.5, 0.6) is 11.5 Å². The summed E-state index contributed by atoms with van der Waals surface area (Å²) < 4.78 is 13.8. The van der Waals surface area contributed by atoms with Crippen LogP contribution >= 0.6 is 28.1 Å². The van der Waals surface area contributed by atoms with Crippen LogP contribution in [-0.2, 0) is 0 Å². The Morgan fingerprint density at radius 2 is 2.15 bits per heavy atom. The summed E-state index contributed by atoms with van der Waals surface area (Å²) in [5.41, 5.74) is 1.67. The smallest absolute Gasteiger partial charge is 0.216 e. The molecule has 0 radical (unpaired) electrons. The first kappa shape index (κ1) is 18.3. The number of hydrogen-bond donors (Lipinski definition) is 1. The second kappa shape index (κ2) is 8.29. The minimum absolute atomic E-state index is 0.395. The third-order valence-electron chi connectivity index (χ3n) is 3.56. The predicted molar refractivity (Wildman–Crippen MR) is 108 cm³/mol. The summed E-state index contributed by atoms with van der Waals surface area (Å²) in [4.78, 5) is 0. The van der Waals surface area contributed by atoms with Crippen LogP contribution in [0.1, 0.15) is 12.5 Å². The van der Waals surface area contributed by atoms with Crippen LogP contribution in [0, 0.1) is 4.77 Å². The molecule has 134 valence electrons. The van der Waals surface area contributed by atoms with Gasteiger partial charge in [-0.1, -0.05) is 28.1 Å². The molecule has 0 fully saturated rings. The number of hydrogen-bond acceptors (Lipinski definition) is 5. The van der Waals surface area contributed by atoms with Crippen LogP contribution in [-0.4, -0.2) is 34.8 Å². The van der Waals surface area contributed by atoms with Crippen molar-refractivity contribution >= 4 is 34.4 Å². The molecule has 3 aromatic rings. The van der Waals surface area contributed by atoms with E-state index in [4.69, 9.17) is 21.7 Å². The van der Waals surface area contributed by atoms with Crippen molar-refractivity contribution in [2.75, 3.05) is 13.7 Å². The van der Waals surface area contributed by atoms with Crippen LogP contribution in [0.2, 0.25) is 0 Å². The Morgan fingerprint density at radius 3 is 2.92 bits per heavy atom. The van der Waals surface area contributed by atoms with Gasteiger partial charge in [-0.05, 0) is 49.5 Å². The lowest BCUT2D eigenvalue weighted by molar-refractivity contribution is 0.340. The summed E-state index contributed by atoms with van der Waals surface area (Å²) in [6, 6.07) is 13.3. The highest BCUT2D eigenvalue weighted by Gasteiger charge is 2.10. The molecule has 0 amide bonds. The van der Waals surface area contributed by atoms with Crippen molar-refractivity contribution in [2.24, 2.45) is 5.10 Å². The highest BCUT2D eigenvalue weighted by atomic mass is 79.9. The molecule has 0 aliphatic carbocycles. The van der Waals surface area contributed by atoms with Gasteiger partial charge in [0.25, 0.3) is 0 Å². The van der Waals surface area contributed by atoms with Gasteiger partial charge in [0.2, 0.25) is 4.77 Å². The van der Waals surface area contributed by atoms with Crippen LogP contribution in [0.25, 0.3) is 11.4 Å². The van der Waals surface area contributed by atoms with E-state index in [0.29, 0.717) is 23.0 Å². The first-order chi connectivity index (χ1) is 12.6. The Labute approximate surface area is 164 Å². The molecule has 0 aliphatic heterocycles. The van der Waals surface area contributed by atoms with Crippen LogP contribution in [0.4, 0.5) is 0 Å². The molecule has 0 atom stereocenters. The summed E-state index contributed by atoms with van der Waals surface area (Å²) >= 11 is 8.77. The van der Waals surface area contributed by atoms with E-state index in [1.807, 2.05) is 49.4 Å². The van der Waals surface area contributed by atoms with E-state index in [9.17, 15) is 0 Å². The van der Waals surface area contributed by atoms with Crippen molar-refractivity contribution in [1.82, 2.24) is 14.9 Å². The van der Waals surface area contributed by atoms with E-state index in [1.54, 1.807) is 18.0 Å². The summed E-state index contributed by atoms with van der Waals surface area (Å²) in [7, 11) is 1.62. The maximum Gasteiger partial charge on any atom is 0.216 e. The van der Waals surface area contributed by atoms with E-state index in [1.165, 1.54) is 0 Å². The summed E-state index contributed by atoms with van der Waals surface area (Å²) in [5, 5.41) is 11.6. The van der Waals surface area contributed by atoms with Gasteiger partial charge in [-0.3, -0.25) is 0 Å². The fraction of sp³-hybridized carbons (Fsp3) is 0.167. The minimum Gasteiger partial charge on any atom is -0.496 e. The molecule has 8 heteroatoms. The highest BCUT2D eigenvalue weighted by molar-refractivity contribution is 9.10. The van der Waals surface area contributed by atoms with E-state index >= 15 is 0 Å². The molecule has 3 rings (SSSR count). The van der Waals surface area contributed by atoms with E-state index < -0.39 is 0 Å². The van der Waals surface area contributed by atoms with Gasteiger partial charge >= 0.3 is 0 Å². The van der Waals surface area contributed by atoms with Crippen LogP contribution < -0.4 is 9.47 Å². The number of rotatable bonds is 6. The molecule has 26 heavy (non-hydrogen) atoms. The number of aromatic amines is 1. The molecule has 1 heterocycles. The topological polar surface area (TPSA) is 64.4 Å². The number of nitrogens with one attached hydrogen (secondary N) is 1. The lowest BCUT2D eigenvalue weighted by atomic mass is 10.2. The molecular weight excluding hydrogens is 416 g/mol. The zero-order valence-electron chi connectivity index (χ0n) is 14.3. The number of halogens is 1.